The van der Waals surface area contributed by atoms with Gasteiger partial charge in [0.15, 0.2) is 6.23 Å². The van der Waals surface area contributed by atoms with E-state index in [2.05, 4.69) is 0 Å². The summed E-state index contributed by atoms with van der Waals surface area (Å²) in [5.41, 5.74) is 0.134. The van der Waals surface area contributed by atoms with Crippen molar-refractivity contribution in [1.29, 1.82) is 0 Å². The van der Waals surface area contributed by atoms with Crippen molar-refractivity contribution < 1.29 is 19.4 Å². The molecule has 19 heavy (non-hydrogen) atoms. The summed E-state index contributed by atoms with van der Waals surface area (Å²) in [7, 11) is 0. The van der Waals surface area contributed by atoms with Crippen LogP contribution in [0.3, 0.4) is 0 Å². The number of fused-ring (bicyclic) bond motifs is 1. The number of benzene rings is 1. The van der Waals surface area contributed by atoms with Crippen LogP contribution in [-0.4, -0.2) is 40.3 Å². The average Bonchev–Trinajstić information content (AvgIpc) is 2.59. The molecular formula is C14H17NO4. The molecule has 0 radical (unpaired) electrons. The van der Waals surface area contributed by atoms with E-state index in [0.29, 0.717) is 11.1 Å². The van der Waals surface area contributed by atoms with Crippen molar-refractivity contribution in [3.8, 4) is 0 Å². The maximum Gasteiger partial charge on any atom is 0.263 e. The second-order valence-electron chi connectivity index (χ2n) is 5.39. The molecule has 0 aliphatic carbocycles. The Bertz CT molecular complexity index is 483. The molecule has 0 bridgehead atoms. The highest BCUT2D eigenvalue weighted by Crippen LogP contribution is 2.26. The predicted molar refractivity (Wildman–Crippen MR) is 68.7 cm³/mol. The van der Waals surface area contributed by atoms with E-state index in [4.69, 9.17) is 4.74 Å². The van der Waals surface area contributed by atoms with Crippen LogP contribution >= 0.6 is 0 Å². The average molecular weight is 263 g/mol. The Balaban J connectivity index is 2.32. The summed E-state index contributed by atoms with van der Waals surface area (Å²) < 4.78 is 5.58. The molecule has 1 atom stereocenters. The van der Waals surface area contributed by atoms with Crippen LogP contribution in [-0.2, 0) is 4.74 Å². The molecule has 5 nitrogen and oxygen atoms in total. The van der Waals surface area contributed by atoms with Gasteiger partial charge >= 0.3 is 0 Å². The first-order chi connectivity index (χ1) is 8.85. The Kier molecular flexibility index (Phi) is 3.43. The molecule has 1 aliphatic rings. The SMILES string of the molecule is CC(C)(C)OC(CO)N1C(=O)c2ccccc2C1=O. The highest BCUT2D eigenvalue weighted by atomic mass is 16.5. The summed E-state index contributed by atoms with van der Waals surface area (Å²) in [4.78, 5) is 25.4. The van der Waals surface area contributed by atoms with Gasteiger partial charge in [0.1, 0.15) is 0 Å². The Morgan fingerprint density at radius 1 is 1.16 bits per heavy atom. The van der Waals surface area contributed by atoms with E-state index >= 15 is 0 Å². The van der Waals surface area contributed by atoms with Crippen molar-refractivity contribution >= 4 is 11.8 Å². The largest absolute Gasteiger partial charge is 0.392 e. The van der Waals surface area contributed by atoms with Crippen molar-refractivity contribution in [2.75, 3.05) is 6.61 Å². The van der Waals surface area contributed by atoms with Gasteiger partial charge in [0.2, 0.25) is 0 Å². The molecule has 1 aliphatic heterocycles. The molecule has 1 N–H and O–H groups in total. The van der Waals surface area contributed by atoms with Gasteiger partial charge < -0.3 is 9.84 Å². The molecule has 0 saturated heterocycles. The van der Waals surface area contributed by atoms with Gasteiger partial charge in [0.05, 0.1) is 23.3 Å². The number of aliphatic hydroxyl groups is 1. The highest BCUT2D eigenvalue weighted by Gasteiger charge is 2.41. The second kappa shape index (κ2) is 4.75. The highest BCUT2D eigenvalue weighted by molar-refractivity contribution is 6.21. The molecule has 5 heteroatoms. The van der Waals surface area contributed by atoms with Crippen LogP contribution in [0.15, 0.2) is 24.3 Å². The maximum atomic E-state index is 12.2. The number of imide groups is 1. The Morgan fingerprint density at radius 3 is 2.00 bits per heavy atom. The number of amides is 2. The Hall–Kier alpha value is -1.72. The number of carbonyl (C=O) groups is 2. The third kappa shape index (κ3) is 2.52. The van der Waals surface area contributed by atoms with Crippen LogP contribution in [0.25, 0.3) is 0 Å². The van der Waals surface area contributed by atoms with Gasteiger partial charge in [-0.25, -0.2) is 4.90 Å². The van der Waals surface area contributed by atoms with Crippen molar-refractivity contribution in [1.82, 2.24) is 4.90 Å². The van der Waals surface area contributed by atoms with Crippen LogP contribution in [0.4, 0.5) is 0 Å². The lowest BCUT2D eigenvalue weighted by molar-refractivity contribution is -0.125. The zero-order chi connectivity index (χ0) is 14.2. The minimum atomic E-state index is -0.965. The zero-order valence-corrected chi connectivity index (χ0v) is 11.2. The summed E-state index contributed by atoms with van der Waals surface area (Å²) in [6.07, 6.45) is -0.965. The van der Waals surface area contributed by atoms with Gasteiger partial charge in [-0.2, -0.15) is 0 Å². The predicted octanol–water partition coefficient (Wildman–Crippen LogP) is 1.42. The summed E-state index contributed by atoms with van der Waals surface area (Å²) in [6, 6.07) is 6.60. The summed E-state index contributed by atoms with van der Waals surface area (Å²) in [5, 5.41) is 9.39. The molecule has 0 fully saturated rings. The first-order valence-corrected chi connectivity index (χ1v) is 6.11. The molecule has 0 saturated carbocycles. The standard InChI is InChI=1S/C14H17NO4/c1-14(2,3)19-11(8-16)15-12(17)9-6-4-5-7-10(9)13(15)18/h4-7,11,16H,8H2,1-3H3. The fourth-order valence-corrected chi connectivity index (χ4v) is 2.05. The lowest BCUT2D eigenvalue weighted by atomic mass is 10.1. The Morgan fingerprint density at radius 2 is 1.63 bits per heavy atom. The minimum absolute atomic E-state index is 0.350. The molecule has 1 heterocycles. The van der Waals surface area contributed by atoms with Crippen LogP contribution < -0.4 is 0 Å². The molecule has 1 aromatic rings. The number of rotatable bonds is 3. The number of hydrogen-bond acceptors (Lipinski definition) is 4. The van der Waals surface area contributed by atoms with Crippen molar-refractivity contribution in [2.45, 2.75) is 32.6 Å². The van der Waals surface area contributed by atoms with E-state index in [1.165, 1.54) is 0 Å². The first kappa shape index (κ1) is 13.7. The molecule has 102 valence electrons. The van der Waals surface area contributed by atoms with Crippen molar-refractivity contribution in [2.24, 2.45) is 0 Å². The minimum Gasteiger partial charge on any atom is -0.392 e. The van der Waals surface area contributed by atoms with Gasteiger partial charge in [-0.3, -0.25) is 9.59 Å². The molecule has 0 spiro atoms. The van der Waals surface area contributed by atoms with Crippen LogP contribution in [0.5, 0.6) is 0 Å². The fraction of sp³-hybridized carbons (Fsp3) is 0.429. The summed E-state index contributed by atoms with van der Waals surface area (Å²) in [5.74, 6) is -0.854. The summed E-state index contributed by atoms with van der Waals surface area (Å²) in [6.45, 7) is 4.97. The molecule has 2 rings (SSSR count). The fourth-order valence-electron chi connectivity index (χ4n) is 2.05. The topological polar surface area (TPSA) is 66.8 Å². The van der Waals surface area contributed by atoms with Crippen molar-refractivity contribution in [3.05, 3.63) is 35.4 Å². The zero-order valence-electron chi connectivity index (χ0n) is 11.2. The van der Waals surface area contributed by atoms with Gasteiger partial charge in [-0.15, -0.1) is 0 Å². The van der Waals surface area contributed by atoms with Gasteiger partial charge in [-0.05, 0) is 32.9 Å². The molecule has 1 aromatic carbocycles. The van der Waals surface area contributed by atoms with E-state index in [1.54, 1.807) is 45.0 Å². The first-order valence-electron chi connectivity index (χ1n) is 6.11. The molecule has 1 unspecified atom stereocenters. The lowest BCUT2D eigenvalue weighted by Crippen LogP contribution is -2.47. The smallest absolute Gasteiger partial charge is 0.263 e. The monoisotopic (exact) mass is 263 g/mol. The number of ether oxygens (including phenoxy) is 1. The van der Waals surface area contributed by atoms with Crippen LogP contribution in [0.2, 0.25) is 0 Å². The van der Waals surface area contributed by atoms with Crippen LogP contribution in [0.1, 0.15) is 41.5 Å². The van der Waals surface area contributed by atoms with E-state index in [9.17, 15) is 14.7 Å². The number of nitrogens with zero attached hydrogens (tertiary/aromatic N) is 1. The number of aliphatic hydroxyl groups excluding tert-OH is 1. The van der Waals surface area contributed by atoms with E-state index in [-0.39, 0.29) is 0 Å². The third-order valence-electron chi connectivity index (χ3n) is 2.76. The number of hydrogen-bond donors (Lipinski definition) is 1. The molecule has 0 aromatic heterocycles. The number of carbonyl (C=O) groups excluding carboxylic acids is 2. The van der Waals surface area contributed by atoms with Crippen molar-refractivity contribution in [3.63, 3.8) is 0 Å². The third-order valence-corrected chi connectivity index (χ3v) is 2.76. The van der Waals surface area contributed by atoms with E-state index in [0.717, 1.165) is 4.90 Å². The Labute approximate surface area is 111 Å². The quantitative estimate of drug-likeness (QED) is 0.837. The van der Waals surface area contributed by atoms with Gasteiger partial charge in [0, 0.05) is 0 Å². The molecular weight excluding hydrogens is 246 g/mol. The second-order valence-corrected chi connectivity index (χ2v) is 5.39. The van der Waals surface area contributed by atoms with Crippen LogP contribution in [0, 0.1) is 0 Å². The van der Waals surface area contributed by atoms with E-state index in [1.807, 2.05) is 0 Å². The van der Waals surface area contributed by atoms with Gasteiger partial charge in [0.25, 0.3) is 11.8 Å². The molecule has 2 amide bonds. The lowest BCUT2D eigenvalue weighted by Gasteiger charge is -2.31. The van der Waals surface area contributed by atoms with E-state index < -0.39 is 30.3 Å². The summed E-state index contributed by atoms with van der Waals surface area (Å²) >= 11 is 0. The normalized spacial score (nSPS) is 16.7. The maximum absolute atomic E-state index is 12.2. The van der Waals surface area contributed by atoms with Gasteiger partial charge in [-0.1, -0.05) is 12.1 Å².